The number of hydrogen-bond acceptors (Lipinski definition) is 6. The molecule has 0 fully saturated rings. The van der Waals surface area contributed by atoms with Gasteiger partial charge in [0.2, 0.25) is 0 Å². The summed E-state index contributed by atoms with van der Waals surface area (Å²) in [5, 5.41) is 11.6. The number of nitriles is 1. The molecule has 6 heteroatoms. The number of benzene rings is 2. The van der Waals surface area contributed by atoms with Gasteiger partial charge in [-0.1, -0.05) is 51.2 Å². The molecule has 2 aromatic carbocycles. The van der Waals surface area contributed by atoms with Crippen molar-refractivity contribution in [1.29, 1.82) is 5.26 Å². The van der Waals surface area contributed by atoms with Crippen molar-refractivity contribution in [1.82, 2.24) is 0 Å². The van der Waals surface area contributed by atoms with Gasteiger partial charge in [-0.05, 0) is 71.5 Å². The number of thiophene rings is 1. The van der Waals surface area contributed by atoms with Gasteiger partial charge < -0.3 is 9.47 Å². The Labute approximate surface area is 211 Å². The third-order valence-electron chi connectivity index (χ3n) is 5.25. The summed E-state index contributed by atoms with van der Waals surface area (Å²) in [6.07, 6.45) is 12.2. The van der Waals surface area contributed by atoms with Crippen molar-refractivity contribution in [2.24, 2.45) is 4.99 Å². The van der Waals surface area contributed by atoms with E-state index in [2.05, 4.69) is 18.0 Å². The van der Waals surface area contributed by atoms with E-state index in [1.165, 1.54) is 49.5 Å². The Morgan fingerprint density at radius 2 is 1.63 bits per heavy atom. The fraction of sp³-hybridized carbons (Fsp3) is 0.276. The topological polar surface area (TPSA) is 71.7 Å². The second-order valence-corrected chi connectivity index (χ2v) is 8.91. The highest BCUT2D eigenvalue weighted by atomic mass is 32.1. The molecule has 180 valence electrons. The van der Waals surface area contributed by atoms with Gasteiger partial charge in [-0.3, -0.25) is 0 Å². The molecule has 3 aromatic rings. The summed E-state index contributed by atoms with van der Waals surface area (Å²) in [6.45, 7) is 2.95. The molecule has 0 amide bonds. The molecule has 35 heavy (non-hydrogen) atoms. The quantitative estimate of drug-likeness (QED) is 0.0815. The van der Waals surface area contributed by atoms with E-state index in [0.717, 1.165) is 29.9 Å². The zero-order chi connectivity index (χ0) is 24.7. The molecule has 0 radical (unpaired) electrons. The van der Waals surface area contributed by atoms with Gasteiger partial charge in [0.15, 0.2) is 0 Å². The molecule has 0 atom stereocenters. The number of carbonyl (C=O) groups is 1. The second kappa shape index (κ2) is 14.5. The Morgan fingerprint density at radius 1 is 0.943 bits per heavy atom. The number of hydrogen-bond donors (Lipinski definition) is 0. The van der Waals surface area contributed by atoms with Crippen molar-refractivity contribution in [2.75, 3.05) is 6.61 Å². The number of ether oxygens (including phenoxy) is 2. The molecule has 1 aromatic heterocycles. The average Bonchev–Trinajstić information content (AvgIpc) is 3.35. The number of nitrogens with zero attached hydrogens (tertiary/aromatic N) is 2. The summed E-state index contributed by atoms with van der Waals surface area (Å²) in [7, 11) is 0. The predicted molar refractivity (Wildman–Crippen MR) is 143 cm³/mol. The zero-order valence-corrected chi connectivity index (χ0v) is 20.8. The molecule has 0 bridgehead atoms. The third-order valence-corrected chi connectivity index (χ3v) is 6.07. The van der Waals surface area contributed by atoms with Crippen LogP contribution in [0.25, 0.3) is 6.08 Å². The minimum Gasteiger partial charge on any atom is -0.494 e. The summed E-state index contributed by atoms with van der Waals surface area (Å²) in [5.74, 6) is 0.834. The largest absolute Gasteiger partial charge is 0.494 e. The predicted octanol–water partition coefficient (Wildman–Crippen LogP) is 7.73. The highest BCUT2D eigenvalue weighted by molar-refractivity contribution is 7.14. The van der Waals surface area contributed by atoms with Crippen molar-refractivity contribution in [3.63, 3.8) is 0 Å². The van der Waals surface area contributed by atoms with Gasteiger partial charge in [-0.25, -0.2) is 9.79 Å². The lowest BCUT2D eigenvalue weighted by Crippen LogP contribution is -2.03. The molecular weight excluding hydrogens is 456 g/mol. The maximum absolute atomic E-state index is 12.2. The molecule has 0 aliphatic heterocycles. The van der Waals surface area contributed by atoms with Crippen LogP contribution in [0.2, 0.25) is 0 Å². The van der Waals surface area contributed by atoms with Crippen LogP contribution in [0.15, 0.2) is 71.0 Å². The molecular formula is C29H30N2O3S. The molecule has 0 unspecified atom stereocenters. The van der Waals surface area contributed by atoms with Crippen LogP contribution < -0.4 is 9.47 Å². The smallest absolute Gasteiger partial charge is 0.336 e. The first kappa shape index (κ1) is 25.9. The average molecular weight is 487 g/mol. The third kappa shape index (κ3) is 9.23. The van der Waals surface area contributed by atoms with Gasteiger partial charge in [0, 0.05) is 12.3 Å². The first-order chi connectivity index (χ1) is 17.2. The minimum absolute atomic E-state index is 0.448. The summed E-state index contributed by atoms with van der Waals surface area (Å²) in [6, 6.07) is 18.6. The molecule has 1 heterocycles. The van der Waals surface area contributed by atoms with Crippen molar-refractivity contribution >= 4 is 34.6 Å². The summed E-state index contributed by atoms with van der Waals surface area (Å²) in [4.78, 5) is 16.5. The molecule has 5 nitrogen and oxygen atoms in total. The van der Waals surface area contributed by atoms with Crippen molar-refractivity contribution in [3.05, 3.63) is 82.7 Å². The van der Waals surface area contributed by atoms with Gasteiger partial charge >= 0.3 is 5.97 Å². The normalized spacial score (nSPS) is 11.1. The molecule has 0 saturated carbocycles. The minimum atomic E-state index is -0.452. The van der Waals surface area contributed by atoms with Gasteiger partial charge in [-0.2, -0.15) is 5.26 Å². The van der Waals surface area contributed by atoms with Gasteiger partial charge in [-0.15, -0.1) is 11.3 Å². The zero-order valence-electron chi connectivity index (χ0n) is 20.0. The monoisotopic (exact) mass is 486 g/mol. The maximum Gasteiger partial charge on any atom is 0.336 e. The summed E-state index contributed by atoms with van der Waals surface area (Å²) >= 11 is 1.41. The van der Waals surface area contributed by atoms with Gasteiger partial charge in [0.25, 0.3) is 0 Å². The number of aliphatic imine (C=N–C) groups is 1. The maximum atomic E-state index is 12.2. The van der Waals surface area contributed by atoms with E-state index >= 15 is 0 Å². The van der Waals surface area contributed by atoms with Crippen LogP contribution in [0, 0.1) is 11.3 Å². The fourth-order valence-electron chi connectivity index (χ4n) is 3.30. The van der Waals surface area contributed by atoms with Gasteiger partial charge in [0.05, 0.1) is 12.2 Å². The van der Waals surface area contributed by atoms with Crippen molar-refractivity contribution in [3.8, 4) is 17.6 Å². The lowest BCUT2D eigenvalue weighted by atomic mass is 10.1. The first-order valence-electron chi connectivity index (χ1n) is 11.9. The second-order valence-electron chi connectivity index (χ2n) is 8.02. The van der Waals surface area contributed by atoms with Crippen LogP contribution in [0.4, 0.5) is 5.00 Å². The number of carbonyl (C=O) groups excluding carboxylic acids is 1. The van der Waals surface area contributed by atoms with E-state index in [-0.39, 0.29) is 0 Å². The number of rotatable bonds is 13. The van der Waals surface area contributed by atoms with E-state index in [0.29, 0.717) is 16.3 Å². The SMILES string of the molecule is CCCCCCCCOc1ccc(/C=C/C(=O)Oc2ccc(/C=N/c3sccc3C#N)cc2)cc1. The molecule has 3 rings (SSSR count). The first-order valence-corrected chi connectivity index (χ1v) is 12.8. The lowest BCUT2D eigenvalue weighted by Gasteiger charge is -2.06. The van der Waals surface area contributed by atoms with E-state index in [1.807, 2.05) is 29.6 Å². The van der Waals surface area contributed by atoms with Crippen LogP contribution >= 0.6 is 11.3 Å². The number of esters is 1. The standard InChI is InChI=1S/C29H30N2O3S/c1-2-3-4-5-6-7-19-33-26-13-8-23(9-14-26)12-17-28(32)34-27-15-10-24(11-16-27)22-31-29-25(21-30)18-20-35-29/h8-18,20,22H,2-7,19H2,1H3/b17-12+,31-22+. The Morgan fingerprint density at radius 3 is 2.37 bits per heavy atom. The Kier molecular flexibility index (Phi) is 10.8. The highest BCUT2D eigenvalue weighted by Crippen LogP contribution is 2.25. The van der Waals surface area contributed by atoms with E-state index < -0.39 is 5.97 Å². The van der Waals surface area contributed by atoms with E-state index in [4.69, 9.17) is 14.7 Å². The Balaban J connectivity index is 1.41. The van der Waals surface area contributed by atoms with Crippen LogP contribution in [0.3, 0.4) is 0 Å². The molecule has 0 spiro atoms. The van der Waals surface area contributed by atoms with Crippen LogP contribution in [0.1, 0.15) is 62.1 Å². The van der Waals surface area contributed by atoms with Crippen LogP contribution in [-0.2, 0) is 4.79 Å². The van der Waals surface area contributed by atoms with E-state index in [9.17, 15) is 4.79 Å². The van der Waals surface area contributed by atoms with E-state index in [1.54, 1.807) is 42.6 Å². The molecule has 0 aliphatic carbocycles. The molecule has 0 aliphatic rings. The Bertz CT molecular complexity index is 1160. The summed E-state index contributed by atoms with van der Waals surface area (Å²) < 4.78 is 11.2. The van der Waals surface area contributed by atoms with Crippen molar-refractivity contribution < 1.29 is 14.3 Å². The number of unbranched alkanes of at least 4 members (excludes halogenated alkanes) is 5. The van der Waals surface area contributed by atoms with Crippen LogP contribution in [-0.4, -0.2) is 18.8 Å². The molecule has 0 saturated heterocycles. The highest BCUT2D eigenvalue weighted by Gasteiger charge is 2.03. The Hall–Kier alpha value is -3.69. The van der Waals surface area contributed by atoms with Gasteiger partial charge in [0.1, 0.15) is 22.6 Å². The van der Waals surface area contributed by atoms with Crippen molar-refractivity contribution in [2.45, 2.75) is 45.4 Å². The lowest BCUT2D eigenvalue weighted by molar-refractivity contribution is -0.128. The fourth-order valence-corrected chi connectivity index (χ4v) is 3.99. The van der Waals surface area contributed by atoms with Crippen LogP contribution in [0.5, 0.6) is 11.5 Å². The molecule has 0 N–H and O–H groups in total. The summed E-state index contributed by atoms with van der Waals surface area (Å²) in [5.41, 5.74) is 2.29.